The zero-order valence-corrected chi connectivity index (χ0v) is 47.5. The topological polar surface area (TPSA) is 228 Å². The minimum Gasteiger partial charge on any atom is -0.394 e. The van der Waals surface area contributed by atoms with Crippen molar-refractivity contribution >= 4 is 5.91 Å². The summed E-state index contributed by atoms with van der Waals surface area (Å²) in [5.74, 6) is -0.225. The zero-order valence-electron chi connectivity index (χ0n) is 47.5. The van der Waals surface area contributed by atoms with Gasteiger partial charge in [-0.05, 0) is 57.8 Å². The largest absolute Gasteiger partial charge is 0.394 e. The first-order chi connectivity index (χ1) is 37.1. The Hall–Kier alpha value is -2.31. The van der Waals surface area contributed by atoms with Crippen LogP contribution in [0.25, 0.3) is 0 Å². The lowest BCUT2D eigenvalue weighted by molar-refractivity contribution is -0.359. The van der Waals surface area contributed by atoms with E-state index in [0.29, 0.717) is 12.8 Å². The van der Waals surface area contributed by atoms with Crippen molar-refractivity contribution < 1.29 is 64.6 Å². The van der Waals surface area contributed by atoms with Gasteiger partial charge in [0.1, 0.15) is 48.8 Å². The molecular formula is C62H111NO13. The third kappa shape index (κ3) is 32.7. The molecular weight excluding hydrogens is 967 g/mol. The number of hydrogen-bond donors (Lipinski definition) is 9. The maximum absolute atomic E-state index is 13.3. The van der Waals surface area contributed by atoms with E-state index in [-0.39, 0.29) is 18.9 Å². The number of aliphatic hydroxyl groups is 8. The second-order valence-corrected chi connectivity index (χ2v) is 21.5. The Balaban J connectivity index is 1.76. The lowest BCUT2D eigenvalue weighted by Crippen LogP contribution is -2.65. The highest BCUT2D eigenvalue weighted by atomic mass is 16.7. The molecule has 14 nitrogen and oxygen atoms in total. The predicted molar refractivity (Wildman–Crippen MR) is 304 cm³/mol. The number of aliphatic hydroxyl groups excluding tert-OH is 8. The van der Waals surface area contributed by atoms with Gasteiger partial charge in [0.2, 0.25) is 5.91 Å². The first-order valence-electron chi connectivity index (χ1n) is 30.5. The summed E-state index contributed by atoms with van der Waals surface area (Å²) in [6, 6.07) is -0.843. The van der Waals surface area contributed by atoms with Crippen LogP contribution in [0.15, 0.2) is 60.8 Å². The van der Waals surface area contributed by atoms with Crippen molar-refractivity contribution in [2.24, 2.45) is 0 Å². The van der Waals surface area contributed by atoms with Gasteiger partial charge in [-0.15, -0.1) is 0 Å². The summed E-state index contributed by atoms with van der Waals surface area (Å²) < 4.78 is 22.8. The monoisotopic (exact) mass is 1080 g/mol. The molecule has 2 fully saturated rings. The molecule has 0 aromatic carbocycles. The molecule has 0 spiro atoms. The molecule has 9 N–H and O–H groups in total. The first kappa shape index (κ1) is 69.8. The highest BCUT2D eigenvalue weighted by Gasteiger charge is 2.51. The Morgan fingerprint density at radius 2 is 0.908 bits per heavy atom. The average molecular weight is 1080 g/mol. The van der Waals surface area contributed by atoms with Crippen molar-refractivity contribution in [1.82, 2.24) is 5.32 Å². The molecule has 0 aliphatic carbocycles. The quantitative estimate of drug-likeness (QED) is 0.0204. The van der Waals surface area contributed by atoms with Gasteiger partial charge in [-0.1, -0.05) is 229 Å². The van der Waals surface area contributed by atoms with Crippen LogP contribution in [0.3, 0.4) is 0 Å². The van der Waals surface area contributed by atoms with Gasteiger partial charge in [-0.3, -0.25) is 4.79 Å². The van der Waals surface area contributed by atoms with E-state index in [1.54, 1.807) is 0 Å². The van der Waals surface area contributed by atoms with E-state index in [2.05, 4.69) is 79.9 Å². The minimum absolute atomic E-state index is 0.225. The van der Waals surface area contributed by atoms with Crippen molar-refractivity contribution in [3.63, 3.8) is 0 Å². The van der Waals surface area contributed by atoms with Crippen LogP contribution >= 0.6 is 0 Å². The summed E-state index contributed by atoms with van der Waals surface area (Å²) in [5, 5.41) is 87.3. The summed E-state index contributed by atoms with van der Waals surface area (Å²) in [4.78, 5) is 13.3. The van der Waals surface area contributed by atoms with E-state index in [9.17, 15) is 45.6 Å². The summed E-state index contributed by atoms with van der Waals surface area (Å²) in [7, 11) is 0. The van der Waals surface area contributed by atoms with Gasteiger partial charge in [0.25, 0.3) is 0 Å². The van der Waals surface area contributed by atoms with Gasteiger partial charge in [0.05, 0.1) is 32.0 Å². The van der Waals surface area contributed by atoms with Crippen LogP contribution in [0.4, 0.5) is 0 Å². The number of carbonyl (C=O) groups excluding carboxylic acids is 1. The van der Waals surface area contributed by atoms with Crippen molar-refractivity contribution in [2.45, 2.75) is 306 Å². The Kier molecular flexibility index (Phi) is 43.6. The molecule has 2 rings (SSSR count). The number of allylic oxidation sites excluding steroid dienone is 10. The van der Waals surface area contributed by atoms with Crippen LogP contribution in [-0.4, -0.2) is 140 Å². The maximum Gasteiger partial charge on any atom is 0.220 e. The Morgan fingerprint density at radius 1 is 0.487 bits per heavy atom. The molecule has 0 radical (unpaired) electrons. The molecule has 14 heteroatoms. The van der Waals surface area contributed by atoms with Crippen molar-refractivity contribution in [1.29, 1.82) is 0 Å². The van der Waals surface area contributed by atoms with Crippen LogP contribution in [0.5, 0.6) is 0 Å². The van der Waals surface area contributed by atoms with Crippen LogP contribution in [-0.2, 0) is 23.7 Å². The van der Waals surface area contributed by atoms with Gasteiger partial charge < -0.3 is 65.1 Å². The molecule has 0 aromatic rings. The number of unbranched alkanes of at least 4 members (excludes halogenated alkanes) is 25. The highest BCUT2D eigenvalue weighted by Crippen LogP contribution is 2.30. The molecule has 2 aliphatic heterocycles. The summed E-state index contributed by atoms with van der Waals surface area (Å²) >= 11 is 0. The van der Waals surface area contributed by atoms with Crippen molar-refractivity contribution in [3.05, 3.63) is 60.8 Å². The van der Waals surface area contributed by atoms with E-state index in [1.165, 1.54) is 109 Å². The number of rotatable bonds is 48. The highest BCUT2D eigenvalue weighted by molar-refractivity contribution is 5.76. The normalized spacial score (nSPS) is 25.3. The van der Waals surface area contributed by atoms with Gasteiger partial charge in [-0.25, -0.2) is 0 Å². The maximum atomic E-state index is 13.3. The number of hydrogen-bond acceptors (Lipinski definition) is 13. The van der Waals surface area contributed by atoms with Crippen molar-refractivity contribution in [2.75, 3.05) is 19.8 Å². The standard InChI is InChI=1S/C62H111NO13/c1-3-5-7-9-11-13-15-17-19-21-23-25-27-29-31-33-35-37-39-41-43-45-51(66)50(49-73-61-59(72)57(70)60(53(48-65)75-61)76-62-58(71)56(69)55(68)52(47-64)74-62)63-54(67)46-44-42-40-38-36-34-32-30-28-26-24-22-20-18-16-14-12-10-8-6-4-2/h6,8,12,14,18,20,24,26,30,32,50-53,55-62,64-66,68-72H,3-5,7,9-11,13,15-17,19,21-23,25,27-29,31,33-49H2,1-2H3,(H,63,67)/b8-6-,14-12-,20-18-,26-24-,32-30-. The fraction of sp³-hybridized carbons (Fsp3) is 0.823. The lowest BCUT2D eigenvalue weighted by atomic mass is 9.97. The Morgan fingerprint density at radius 3 is 1.39 bits per heavy atom. The fourth-order valence-corrected chi connectivity index (χ4v) is 9.85. The fourth-order valence-electron chi connectivity index (χ4n) is 9.85. The molecule has 1 amide bonds. The third-order valence-corrected chi connectivity index (χ3v) is 14.7. The molecule has 0 saturated carbocycles. The second kappa shape index (κ2) is 47.5. The van der Waals surface area contributed by atoms with E-state index < -0.39 is 86.8 Å². The predicted octanol–water partition coefficient (Wildman–Crippen LogP) is 10.6. The second-order valence-electron chi connectivity index (χ2n) is 21.5. The van der Waals surface area contributed by atoms with Gasteiger partial charge in [0.15, 0.2) is 12.6 Å². The zero-order chi connectivity index (χ0) is 55.3. The van der Waals surface area contributed by atoms with Crippen LogP contribution in [0, 0.1) is 0 Å². The van der Waals surface area contributed by atoms with Crippen LogP contribution < -0.4 is 5.32 Å². The van der Waals surface area contributed by atoms with Gasteiger partial charge >= 0.3 is 0 Å². The molecule has 2 saturated heterocycles. The molecule has 12 unspecified atom stereocenters. The molecule has 76 heavy (non-hydrogen) atoms. The minimum atomic E-state index is -1.79. The number of ether oxygens (including phenoxy) is 4. The van der Waals surface area contributed by atoms with Crippen LogP contribution in [0.2, 0.25) is 0 Å². The van der Waals surface area contributed by atoms with E-state index >= 15 is 0 Å². The number of amides is 1. The van der Waals surface area contributed by atoms with E-state index in [4.69, 9.17) is 18.9 Å². The van der Waals surface area contributed by atoms with E-state index in [0.717, 1.165) is 89.9 Å². The molecule has 2 heterocycles. The Labute approximate surface area is 460 Å². The first-order valence-corrected chi connectivity index (χ1v) is 30.5. The smallest absolute Gasteiger partial charge is 0.220 e. The molecule has 12 atom stereocenters. The van der Waals surface area contributed by atoms with E-state index in [1.807, 2.05) is 0 Å². The molecule has 442 valence electrons. The van der Waals surface area contributed by atoms with Crippen LogP contribution in [0.1, 0.15) is 232 Å². The molecule has 0 bridgehead atoms. The summed E-state index contributed by atoms with van der Waals surface area (Å²) in [6.07, 6.45) is 43.5. The molecule has 0 aromatic heterocycles. The Bertz CT molecular complexity index is 1510. The van der Waals surface area contributed by atoms with Crippen molar-refractivity contribution in [3.8, 4) is 0 Å². The number of carbonyl (C=O) groups is 1. The SMILES string of the molecule is CC/C=C\C/C=C\C/C=C\C/C=C\C/C=C\CCCCCCCC(=O)NC(COC1OC(CO)C(OC2OC(CO)C(O)C(O)C2O)C(O)C1O)C(O)CCCCCCCCCCCCCCCCCCCCCCC. The summed E-state index contributed by atoms with van der Waals surface area (Å²) in [6.45, 7) is 2.75. The lowest BCUT2D eigenvalue weighted by Gasteiger charge is -2.46. The average Bonchev–Trinajstić information content (AvgIpc) is 3.42. The van der Waals surface area contributed by atoms with Gasteiger partial charge in [0, 0.05) is 6.42 Å². The third-order valence-electron chi connectivity index (χ3n) is 14.7. The summed E-state index contributed by atoms with van der Waals surface area (Å²) in [5.41, 5.74) is 0. The van der Waals surface area contributed by atoms with Gasteiger partial charge in [-0.2, -0.15) is 0 Å². The molecule has 2 aliphatic rings. The number of nitrogens with one attached hydrogen (secondary N) is 1.